The van der Waals surface area contributed by atoms with Gasteiger partial charge >= 0.3 is 0 Å². The van der Waals surface area contributed by atoms with Crippen molar-refractivity contribution < 1.29 is 9.50 Å². The Morgan fingerprint density at radius 2 is 1.00 bits per heavy atom. The topological polar surface area (TPSA) is 20.2 Å². The molecule has 0 spiro atoms. The van der Waals surface area contributed by atoms with E-state index < -0.39 is 14.2 Å². The third kappa shape index (κ3) is 3.97. The first kappa shape index (κ1) is 19.8. The smallest absolute Gasteiger partial charge is 0.229 e. The molecule has 3 heteroatoms. The summed E-state index contributed by atoms with van der Waals surface area (Å²) >= 11 is 0. The Morgan fingerprint density at radius 3 is 1.40 bits per heavy atom. The van der Waals surface area contributed by atoms with Gasteiger partial charge in [-0.15, -0.1) is 5.54 Å². The number of aliphatic hydroxyl groups is 1. The van der Waals surface area contributed by atoms with Crippen molar-refractivity contribution in [2.24, 2.45) is 0 Å². The third-order valence-corrected chi connectivity index (χ3v) is 9.32. The quantitative estimate of drug-likeness (QED) is 0.311. The van der Waals surface area contributed by atoms with E-state index in [9.17, 15) is 9.50 Å². The molecular weight excluding hydrogens is 387 g/mol. The minimum absolute atomic E-state index is 0.333. The molecule has 0 aliphatic rings. The minimum atomic E-state index is -2.73. The van der Waals surface area contributed by atoms with Crippen LogP contribution < -0.4 is 15.6 Å². The van der Waals surface area contributed by atoms with Gasteiger partial charge in [0.05, 0.1) is 0 Å². The fraction of sp³-hybridized carbons (Fsp3) is 0.0370. The lowest BCUT2D eigenvalue weighted by Crippen LogP contribution is -2.66. The van der Waals surface area contributed by atoms with Crippen LogP contribution in [0.4, 0.5) is 4.39 Å². The van der Waals surface area contributed by atoms with Gasteiger partial charge in [-0.1, -0.05) is 109 Å². The highest BCUT2D eigenvalue weighted by atomic mass is 28.3. The highest BCUT2D eigenvalue weighted by molar-refractivity contribution is 7.16. The first-order chi connectivity index (χ1) is 14.7. The van der Waals surface area contributed by atoms with Gasteiger partial charge in [0.25, 0.3) is 0 Å². The summed E-state index contributed by atoms with van der Waals surface area (Å²) in [5.74, 6) is 2.77. The SMILES string of the molecule is OC(C#C[Si](c1ccccc1)(c1ccccc1)c1ccccc1)c1ccc(F)cc1. The Morgan fingerprint density at radius 1 is 0.600 bits per heavy atom. The predicted molar refractivity (Wildman–Crippen MR) is 123 cm³/mol. The summed E-state index contributed by atoms with van der Waals surface area (Å²) in [5, 5.41) is 14.2. The van der Waals surface area contributed by atoms with Gasteiger partial charge in [-0.2, -0.15) is 0 Å². The van der Waals surface area contributed by atoms with Crippen molar-refractivity contribution in [3.63, 3.8) is 0 Å². The fourth-order valence-corrected chi connectivity index (χ4v) is 7.55. The molecule has 0 saturated heterocycles. The molecule has 0 aromatic heterocycles. The minimum Gasteiger partial charge on any atom is -0.376 e. The number of halogens is 1. The van der Waals surface area contributed by atoms with Gasteiger partial charge in [0.1, 0.15) is 11.9 Å². The van der Waals surface area contributed by atoms with Crippen LogP contribution in [0.5, 0.6) is 0 Å². The molecule has 0 radical (unpaired) electrons. The number of hydrogen-bond donors (Lipinski definition) is 1. The van der Waals surface area contributed by atoms with E-state index in [1.165, 1.54) is 12.1 Å². The Kier molecular flexibility index (Phi) is 5.90. The van der Waals surface area contributed by atoms with Crippen LogP contribution in [0.25, 0.3) is 0 Å². The number of aliphatic hydroxyl groups excluding tert-OH is 1. The molecule has 1 nitrogen and oxygen atoms in total. The zero-order valence-electron chi connectivity index (χ0n) is 16.4. The lowest BCUT2D eigenvalue weighted by atomic mass is 10.1. The van der Waals surface area contributed by atoms with Gasteiger partial charge in [0.2, 0.25) is 8.07 Å². The second kappa shape index (κ2) is 8.92. The number of benzene rings is 4. The van der Waals surface area contributed by atoms with Crippen LogP contribution in [0.15, 0.2) is 115 Å². The summed E-state index contributed by atoms with van der Waals surface area (Å²) in [6, 6.07) is 36.7. The Hall–Kier alpha value is -3.45. The Labute approximate surface area is 177 Å². The molecule has 0 saturated carbocycles. The molecule has 4 rings (SSSR count). The van der Waals surface area contributed by atoms with Crippen molar-refractivity contribution in [3.8, 4) is 11.5 Å². The lowest BCUT2D eigenvalue weighted by Gasteiger charge is -2.28. The van der Waals surface area contributed by atoms with Gasteiger partial charge < -0.3 is 5.11 Å². The van der Waals surface area contributed by atoms with E-state index >= 15 is 0 Å². The largest absolute Gasteiger partial charge is 0.376 e. The van der Waals surface area contributed by atoms with E-state index in [2.05, 4.69) is 47.9 Å². The maximum Gasteiger partial charge on any atom is 0.229 e. The van der Waals surface area contributed by atoms with Crippen LogP contribution >= 0.6 is 0 Å². The summed E-state index contributed by atoms with van der Waals surface area (Å²) < 4.78 is 13.3. The first-order valence-electron chi connectivity index (χ1n) is 9.83. The van der Waals surface area contributed by atoms with Gasteiger partial charge in [0, 0.05) is 0 Å². The first-order valence-corrected chi connectivity index (χ1v) is 11.8. The third-order valence-electron chi connectivity index (χ3n) is 5.20. The highest BCUT2D eigenvalue weighted by Gasteiger charge is 2.38. The molecule has 0 bridgehead atoms. The monoisotopic (exact) mass is 408 g/mol. The molecule has 1 N–H and O–H groups in total. The molecule has 1 atom stereocenters. The van der Waals surface area contributed by atoms with Crippen molar-refractivity contribution in [1.82, 2.24) is 0 Å². The summed E-state index contributed by atoms with van der Waals surface area (Å²) in [6.45, 7) is 0. The maximum atomic E-state index is 13.3. The van der Waals surface area contributed by atoms with Crippen molar-refractivity contribution in [3.05, 3.63) is 127 Å². The zero-order chi connectivity index (χ0) is 20.8. The molecule has 0 aliphatic carbocycles. The van der Waals surface area contributed by atoms with Crippen LogP contribution in [0, 0.1) is 17.3 Å². The van der Waals surface area contributed by atoms with E-state index in [1.807, 2.05) is 54.6 Å². The standard InChI is InChI=1S/C27H21FOSi/c28-23-18-16-22(17-19-23)27(29)20-21-30(24-10-4-1-5-11-24,25-12-6-2-7-13-25)26-14-8-3-9-15-26/h1-19,27,29H. The van der Waals surface area contributed by atoms with Crippen LogP contribution in [-0.4, -0.2) is 13.2 Å². The van der Waals surface area contributed by atoms with E-state index in [0.29, 0.717) is 5.56 Å². The highest BCUT2D eigenvalue weighted by Crippen LogP contribution is 2.14. The van der Waals surface area contributed by atoms with Gasteiger partial charge in [-0.3, -0.25) is 0 Å². The van der Waals surface area contributed by atoms with E-state index in [-0.39, 0.29) is 5.82 Å². The second-order valence-corrected chi connectivity index (χ2v) is 10.6. The second-order valence-electron chi connectivity index (χ2n) is 7.07. The molecular formula is C27H21FOSi. The normalized spacial score (nSPS) is 11.9. The summed E-state index contributed by atoms with van der Waals surface area (Å²) in [5.41, 5.74) is 4.12. The molecule has 146 valence electrons. The lowest BCUT2D eigenvalue weighted by molar-refractivity contribution is 0.238. The molecule has 30 heavy (non-hydrogen) atoms. The molecule has 0 aliphatic heterocycles. The van der Waals surface area contributed by atoms with Crippen LogP contribution in [0.3, 0.4) is 0 Å². The maximum absolute atomic E-state index is 13.3. The van der Waals surface area contributed by atoms with Crippen molar-refractivity contribution in [2.75, 3.05) is 0 Å². The average Bonchev–Trinajstić information content (AvgIpc) is 2.82. The van der Waals surface area contributed by atoms with E-state index in [4.69, 9.17) is 0 Å². The molecule has 0 amide bonds. The van der Waals surface area contributed by atoms with Crippen molar-refractivity contribution in [2.45, 2.75) is 6.10 Å². The average molecular weight is 409 g/mol. The van der Waals surface area contributed by atoms with E-state index in [1.54, 1.807) is 12.1 Å². The molecule has 1 unspecified atom stereocenters. The molecule has 0 fully saturated rings. The number of rotatable bonds is 4. The van der Waals surface area contributed by atoms with Crippen LogP contribution in [0.2, 0.25) is 0 Å². The number of hydrogen-bond acceptors (Lipinski definition) is 1. The molecule has 4 aromatic rings. The van der Waals surface area contributed by atoms with E-state index in [0.717, 1.165) is 15.6 Å². The molecule has 0 heterocycles. The van der Waals surface area contributed by atoms with Gasteiger partial charge in [-0.25, -0.2) is 4.39 Å². The summed E-state index contributed by atoms with van der Waals surface area (Å²) in [4.78, 5) is 0. The Bertz CT molecular complexity index is 1050. The fourth-order valence-electron chi connectivity index (χ4n) is 3.69. The predicted octanol–water partition coefficient (Wildman–Crippen LogP) is 3.57. The van der Waals surface area contributed by atoms with Crippen molar-refractivity contribution >= 4 is 23.6 Å². The van der Waals surface area contributed by atoms with Crippen molar-refractivity contribution in [1.29, 1.82) is 0 Å². The molecule has 4 aromatic carbocycles. The van der Waals surface area contributed by atoms with Gasteiger partial charge in [0.15, 0.2) is 0 Å². The van der Waals surface area contributed by atoms with Crippen LogP contribution in [-0.2, 0) is 0 Å². The summed E-state index contributed by atoms with van der Waals surface area (Å²) in [6.07, 6.45) is -0.992. The van der Waals surface area contributed by atoms with Gasteiger partial charge in [-0.05, 0) is 33.3 Å². The zero-order valence-corrected chi connectivity index (χ0v) is 17.4. The summed E-state index contributed by atoms with van der Waals surface area (Å²) in [7, 11) is -2.73. The Balaban J connectivity index is 1.93. The van der Waals surface area contributed by atoms with Crippen LogP contribution in [0.1, 0.15) is 11.7 Å².